The van der Waals surface area contributed by atoms with Gasteiger partial charge in [-0.05, 0) is 44.0 Å². The first-order valence-corrected chi connectivity index (χ1v) is 6.45. The van der Waals surface area contributed by atoms with E-state index in [9.17, 15) is 9.59 Å². The maximum absolute atomic E-state index is 12.0. The summed E-state index contributed by atoms with van der Waals surface area (Å²) in [6, 6.07) is 4.98. The second-order valence-electron chi connectivity index (χ2n) is 4.86. The number of rotatable bonds is 5. The Kier molecular flexibility index (Phi) is 4.95. The summed E-state index contributed by atoms with van der Waals surface area (Å²) in [4.78, 5) is 23.2. The van der Waals surface area contributed by atoms with Crippen LogP contribution < -0.4 is 5.32 Å². The maximum Gasteiger partial charge on any atom is 0.311 e. The van der Waals surface area contributed by atoms with Gasteiger partial charge in [-0.25, -0.2) is 0 Å². The molecule has 2 N–H and O–H groups in total. The van der Waals surface area contributed by atoms with E-state index in [0.29, 0.717) is 17.0 Å². The van der Waals surface area contributed by atoms with E-state index in [1.54, 1.807) is 39.0 Å². The van der Waals surface area contributed by atoms with Crippen molar-refractivity contribution in [3.8, 4) is 0 Å². The van der Waals surface area contributed by atoms with Crippen LogP contribution in [0, 0.1) is 12.3 Å². The largest absolute Gasteiger partial charge is 0.481 e. The highest BCUT2D eigenvalue weighted by atomic mass is 35.5. The molecule has 104 valence electrons. The van der Waals surface area contributed by atoms with Gasteiger partial charge in [0.05, 0.1) is 5.41 Å². The van der Waals surface area contributed by atoms with E-state index >= 15 is 0 Å². The smallest absolute Gasteiger partial charge is 0.311 e. The molecular formula is C14H18ClNO3. The topological polar surface area (TPSA) is 66.4 Å². The number of carbonyl (C=O) groups excluding carboxylic acids is 1. The molecule has 0 aliphatic heterocycles. The summed E-state index contributed by atoms with van der Waals surface area (Å²) in [5.74, 6) is -1.20. The van der Waals surface area contributed by atoms with Gasteiger partial charge in [0.2, 0.25) is 0 Å². The zero-order valence-corrected chi connectivity index (χ0v) is 12.0. The summed E-state index contributed by atoms with van der Waals surface area (Å²) < 4.78 is 0. The van der Waals surface area contributed by atoms with Gasteiger partial charge in [0.25, 0.3) is 5.91 Å². The molecule has 0 fully saturated rings. The Morgan fingerprint density at radius 3 is 2.53 bits per heavy atom. The fraction of sp³-hybridized carbons (Fsp3) is 0.429. The summed E-state index contributed by atoms with van der Waals surface area (Å²) in [6.45, 7) is 5.29. The second-order valence-corrected chi connectivity index (χ2v) is 5.30. The van der Waals surface area contributed by atoms with Crippen LogP contribution in [0.1, 0.15) is 36.2 Å². The Morgan fingerprint density at radius 1 is 1.42 bits per heavy atom. The van der Waals surface area contributed by atoms with Gasteiger partial charge in [0, 0.05) is 17.1 Å². The van der Waals surface area contributed by atoms with Crippen LogP contribution in [0.3, 0.4) is 0 Å². The van der Waals surface area contributed by atoms with Gasteiger partial charge in [-0.3, -0.25) is 9.59 Å². The lowest BCUT2D eigenvalue weighted by Crippen LogP contribution is -2.40. The number of carbonyl (C=O) groups is 2. The number of carboxylic acids is 1. The lowest BCUT2D eigenvalue weighted by molar-refractivity contribution is -0.147. The third-order valence-electron chi connectivity index (χ3n) is 3.37. The molecule has 0 saturated heterocycles. The van der Waals surface area contributed by atoms with Crippen LogP contribution in [0.2, 0.25) is 5.02 Å². The Balaban J connectivity index is 2.78. The van der Waals surface area contributed by atoms with Crippen LogP contribution in [-0.4, -0.2) is 23.5 Å². The van der Waals surface area contributed by atoms with E-state index < -0.39 is 11.4 Å². The van der Waals surface area contributed by atoms with Crippen LogP contribution in [0.5, 0.6) is 0 Å². The molecule has 0 saturated carbocycles. The number of hydrogen-bond donors (Lipinski definition) is 2. The minimum absolute atomic E-state index is 0.0970. The number of aliphatic carboxylic acids is 1. The normalized spacial score (nSPS) is 13.7. The highest BCUT2D eigenvalue weighted by molar-refractivity contribution is 6.30. The molecule has 0 aromatic heterocycles. The van der Waals surface area contributed by atoms with Crippen LogP contribution >= 0.6 is 11.6 Å². The van der Waals surface area contributed by atoms with Crippen LogP contribution in [-0.2, 0) is 4.79 Å². The van der Waals surface area contributed by atoms with Gasteiger partial charge in [-0.15, -0.1) is 0 Å². The summed E-state index contributed by atoms with van der Waals surface area (Å²) in [5, 5.41) is 12.4. The van der Waals surface area contributed by atoms with Gasteiger partial charge in [-0.2, -0.15) is 0 Å². The fourth-order valence-electron chi connectivity index (χ4n) is 1.60. The average Bonchev–Trinajstić information content (AvgIpc) is 2.35. The van der Waals surface area contributed by atoms with Crippen molar-refractivity contribution in [1.82, 2.24) is 5.32 Å². The fourth-order valence-corrected chi connectivity index (χ4v) is 1.83. The number of aryl methyl sites for hydroxylation is 1. The number of amides is 1. The first-order valence-electron chi connectivity index (χ1n) is 6.08. The second kappa shape index (κ2) is 6.06. The monoisotopic (exact) mass is 283 g/mol. The predicted octanol–water partition coefficient (Wildman–Crippen LogP) is 2.88. The summed E-state index contributed by atoms with van der Waals surface area (Å²) in [7, 11) is 0. The van der Waals surface area contributed by atoms with Crippen molar-refractivity contribution in [2.24, 2.45) is 5.41 Å². The molecule has 0 spiro atoms. The molecule has 1 atom stereocenters. The Labute approximate surface area is 117 Å². The zero-order valence-electron chi connectivity index (χ0n) is 11.3. The van der Waals surface area contributed by atoms with Crippen molar-refractivity contribution in [3.05, 3.63) is 34.3 Å². The Morgan fingerprint density at radius 2 is 2.05 bits per heavy atom. The minimum Gasteiger partial charge on any atom is -0.481 e. The standard InChI is InChI=1S/C14H18ClNO3/c1-4-14(3,13(18)19)8-16-12(17)11-6-5-10(15)7-9(11)2/h5-7H,4,8H2,1-3H3,(H,16,17)(H,18,19). The Hall–Kier alpha value is -1.55. The van der Waals surface area contributed by atoms with Crippen molar-refractivity contribution >= 4 is 23.5 Å². The average molecular weight is 284 g/mol. The quantitative estimate of drug-likeness (QED) is 0.873. The van der Waals surface area contributed by atoms with Crippen molar-refractivity contribution in [2.75, 3.05) is 6.54 Å². The van der Waals surface area contributed by atoms with E-state index in [4.69, 9.17) is 16.7 Å². The highest BCUT2D eigenvalue weighted by Crippen LogP contribution is 2.20. The van der Waals surface area contributed by atoms with Gasteiger partial charge in [-0.1, -0.05) is 18.5 Å². The number of hydrogen-bond acceptors (Lipinski definition) is 2. The van der Waals surface area contributed by atoms with Crippen molar-refractivity contribution in [1.29, 1.82) is 0 Å². The first kappa shape index (κ1) is 15.5. The molecular weight excluding hydrogens is 266 g/mol. The summed E-state index contributed by atoms with van der Waals surface area (Å²) >= 11 is 5.83. The number of nitrogens with one attached hydrogen (secondary N) is 1. The third kappa shape index (κ3) is 3.70. The van der Waals surface area contributed by atoms with Crippen LogP contribution in [0.4, 0.5) is 0 Å². The molecule has 1 aromatic carbocycles. The number of benzene rings is 1. The van der Waals surface area contributed by atoms with Crippen LogP contribution in [0.15, 0.2) is 18.2 Å². The van der Waals surface area contributed by atoms with E-state index in [0.717, 1.165) is 5.56 Å². The molecule has 0 radical (unpaired) electrons. The lowest BCUT2D eigenvalue weighted by Gasteiger charge is -2.23. The van der Waals surface area contributed by atoms with Gasteiger partial charge in [0.15, 0.2) is 0 Å². The Bertz CT molecular complexity index is 501. The molecule has 4 nitrogen and oxygen atoms in total. The van der Waals surface area contributed by atoms with E-state index in [1.807, 2.05) is 0 Å². The molecule has 0 bridgehead atoms. The molecule has 1 unspecified atom stereocenters. The first-order chi connectivity index (χ1) is 8.80. The molecule has 0 heterocycles. The predicted molar refractivity (Wildman–Crippen MR) is 74.6 cm³/mol. The van der Waals surface area contributed by atoms with E-state index in [-0.39, 0.29) is 12.5 Å². The minimum atomic E-state index is -0.948. The molecule has 1 rings (SSSR count). The van der Waals surface area contributed by atoms with Crippen LogP contribution in [0.25, 0.3) is 0 Å². The van der Waals surface area contributed by atoms with Crippen molar-refractivity contribution in [3.63, 3.8) is 0 Å². The highest BCUT2D eigenvalue weighted by Gasteiger charge is 2.31. The van der Waals surface area contributed by atoms with Gasteiger partial charge >= 0.3 is 5.97 Å². The summed E-state index contributed by atoms with van der Waals surface area (Å²) in [6.07, 6.45) is 0.447. The van der Waals surface area contributed by atoms with Crippen molar-refractivity contribution in [2.45, 2.75) is 27.2 Å². The molecule has 1 amide bonds. The molecule has 1 aromatic rings. The zero-order chi connectivity index (χ0) is 14.6. The molecule has 5 heteroatoms. The molecule has 0 aliphatic rings. The molecule has 0 aliphatic carbocycles. The molecule has 19 heavy (non-hydrogen) atoms. The number of carboxylic acid groups (broad SMARTS) is 1. The SMILES string of the molecule is CCC(C)(CNC(=O)c1ccc(Cl)cc1C)C(=O)O. The third-order valence-corrected chi connectivity index (χ3v) is 3.60. The van der Waals surface area contributed by atoms with Crippen molar-refractivity contribution < 1.29 is 14.7 Å². The lowest BCUT2D eigenvalue weighted by atomic mass is 9.87. The summed E-state index contributed by atoms with van der Waals surface area (Å²) in [5.41, 5.74) is 0.322. The number of halogens is 1. The van der Waals surface area contributed by atoms with Gasteiger partial charge in [0.1, 0.15) is 0 Å². The van der Waals surface area contributed by atoms with E-state index in [1.165, 1.54) is 0 Å². The van der Waals surface area contributed by atoms with E-state index in [2.05, 4.69) is 5.32 Å². The maximum atomic E-state index is 12.0. The van der Waals surface area contributed by atoms with Gasteiger partial charge < -0.3 is 10.4 Å².